The van der Waals surface area contributed by atoms with Crippen molar-refractivity contribution in [2.24, 2.45) is 5.92 Å². The van der Waals surface area contributed by atoms with Crippen molar-refractivity contribution in [3.63, 3.8) is 0 Å². The molecule has 0 amide bonds. The second-order valence-electron chi connectivity index (χ2n) is 5.29. The van der Waals surface area contributed by atoms with Gasteiger partial charge in [0.15, 0.2) is 11.5 Å². The highest BCUT2D eigenvalue weighted by Gasteiger charge is 2.39. The van der Waals surface area contributed by atoms with Crippen molar-refractivity contribution in [1.29, 1.82) is 0 Å². The lowest BCUT2D eigenvalue weighted by atomic mass is 9.85. The van der Waals surface area contributed by atoms with E-state index in [2.05, 4.69) is 4.98 Å². The van der Waals surface area contributed by atoms with Gasteiger partial charge in [0.2, 0.25) is 0 Å². The van der Waals surface area contributed by atoms with Crippen molar-refractivity contribution in [3.05, 3.63) is 38.3 Å². The van der Waals surface area contributed by atoms with Gasteiger partial charge in [-0.3, -0.25) is 9.59 Å². The van der Waals surface area contributed by atoms with Crippen LogP contribution in [-0.4, -0.2) is 35.5 Å². The number of phenolic OH excluding ortho intramolecular Hbond substituents is 1. The number of ether oxygens (including phenoxy) is 2. The Labute approximate surface area is 146 Å². The number of esters is 1. The molecule has 0 fully saturated rings. The number of nitrogens with one attached hydrogen (secondary N) is 1. The molecule has 2 heterocycles. The van der Waals surface area contributed by atoms with Gasteiger partial charge in [0.05, 0.1) is 24.7 Å². The number of thiazole rings is 1. The van der Waals surface area contributed by atoms with Crippen LogP contribution in [0, 0.1) is 5.92 Å². The van der Waals surface area contributed by atoms with E-state index in [4.69, 9.17) is 9.47 Å². The second-order valence-corrected chi connectivity index (χ2v) is 7.33. The van der Waals surface area contributed by atoms with Crippen LogP contribution in [0.3, 0.4) is 0 Å². The molecule has 2 aromatic rings. The molecule has 24 heavy (non-hydrogen) atoms. The molecule has 1 aromatic carbocycles. The van der Waals surface area contributed by atoms with E-state index in [1.807, 2.05) is 0 Å². The van der Waals surface area contributed by atoms with E-state index < -0.39 is 5.92 Å². The van der Waals surface area contributed by atoms with Crippen LogP contribution < -0.4 is 9.61 Å². The Balaban J connectivity index is 2.10. The molecular formula is C16H17NO5S2. The number of fused-ring (bicyclic) bond motifs is 1. The van der Waals surface area contributed by atoms with Gasteiger partial charge in [-0.25, -0.2) is 0 Å². The third-order valence-electron chi connectivity index (χ3n) is 3.89. The number of rotatable bonds is 4. The van der Waals surface area contributed by atoms with E-state index in [1.54, 1.807) is 19.1 Å². The number of phenols is 1. The molecule has 0 aliphatic carbocycles. The zero-order chi connectivity index (χ0) is 17.3. The van der Waals surface area contributed by atoms with Gasteiger partial charge in [0.1, 0.15) is 0 Å². The third-order valence-corrected chi connectivity index (χ3v) is 6.12. The normalized spacial score (nSPS) is 19.6. The van der Waals surface area contributed by atoms with E-state index in [-0.39, 0.29) is 22.5 Å². The van der Waals surface area contributed by atoms with Crippen molar-refractivity contribution in [2.45, 2.75) is 17.9 Å². The molecule has 0 saturated heterocycles. The monoisotopic (exact) mass is 367 g/mol. The standard InChI is InChI=1S/C16H17NO5S2/c1-3-22-15(19)9-7-23-14-13(24-16(20)17-14)12(9)8-4-5-10(18)11(6-8)21-2/h4-6,9,12,18H,3,7H2,1-2H3,(H,17,20). The van der Waals surface area contributed by atoms with Crippen LogP contribution >= 0.6 is 23.1 Å². The topological polar surface area (TPSA) is 88.6 Å². The molecule has 1 aliphatic heterocycles. The molecule has 2 atom stereocenters. The first kappa shape index (κ1) is 16.9. The number of aromatic hydroxyl groups is 1. The predicted molar refractivity (Wildman–Crippen MR) is 92.3 cm³/mol. The molecule has 2 N–H and O–H groups in total. The lowest BCUT2D eigenvalue weighted by Crippen LogP contribution is -2.29. The summed E-state index contributed by atoms with van der Waals surface area (Å²) in [5, 5.41) is 10.6. The summed E-state index contributed by atoms with van der Waals surface area (Å²) in [4.78, 5) is 27.7. The Morgan fingerprint density at radius 2 is 2.25 bits per heavy atom. The Morgan fingerprint density at radius 1 is 1.46 bits per heavy atom. The van der Waals surface area contributed by atoms with Crippen LogP contribution in [0.25, 0.3) is 0 Å². The molecule has 8 heteroatoms. The van der Waals surface area contributed by atoms with Crippen LogP contribution in [0.1, 0.15) is 23.3 Å². The van der Waals surface area contributed by atoms with Gasteiger partial charge in [0.25, 0.3) is 0 Å². The van der Waals surface area contributed by atoms with E-state index in [0.29, 0.717) is 18.1 Å². The number of aromatic nitrogens is 1. The number of carbonyl (C=O) groups is 1. The van der Waals surface area contributed by atoms with Crippen LogP contribution in [0.15, 0.2) is 28.0 Å². The number of aromatic amines is 1. The van der Waals surface area contributed by atoms with Gasteiger partial charge in [0, 0.05) is 16.5 Å². The molecule has 0 saturated carbocycles. The first-order valence-electron chi connectivity index (χ1n) is 7.44. The second kappa shape index (κ2) is 6.90. The largest absolute Gasteiger partial charge is 0.504 e. The van der Waals surface area contributed by atoms with Crippen LogP contribution in [-0.2, 0) is 9.53 Å². The molecule has 0 bridgehead atoms. The number of carbonyl (C=O) groups excluding carboxylic acids is 1. The van der Waals surface area contributed by atoms with Gasteiger partial charge < -0.3 is 19.6 Å². The fraction of sp³-hybridized carbons (Fsp3) is 0.375. The Hall–Kier alpha value is -1.93. The molecular weight excluding hydrogens is 350 g/mol. The van der Waals surface area contributed by atoms with Crippen molar-refractivity contribution < 1.29 is 19.4 Å². The van der Waals surface area contributed by atoms with Gasteiger partial charge >= 0.3 is 10.8 Å². The summed E-state index contributed by atoms with van der Waals surface area (Å²) in [5.74, 6) is -0.110. The van der Waals surface area contributed by atoms with Crippen LogP contribution in [0.5, 0.6) is 11.5 Å². The first-order chi connectivity index (χ1) is 11.5. The number of hydrogen-bond acceptors (Lipinski definition) is 7. The SMILES string of the molecule is CCOC(=O)C1CSc2[nH]c(=O)sc2C1c1ccc(O)c(OC)c1. The van der Waals surface area contributed by atoms with Crippen molar-refractivity contribution in [1.82, 2.24) is 4.98 Å². The predicted octanol–water partition coefficient (Wildman–Crippen LogP) is 2.57. The van der Waals surface area contributed by atoms with E-state index in [0.717, 1.165) is 26.8 Å². The molecule has 128 valence electrons. The van der Waals surface area contributed by atoms with Crippen molar-refractivity contribution >= 4 is 29.1 Å². The van der Waals surface area contributed by atoms with Gasteiger partial charge in [-0.05, 0) is 24.6 Å². The average molecular weight is 367 g/mol. The molecule has 6 nitrogen and oxygen atoms in total. The summed E-state index contributed by atoms with van der Waals surface area (Å²) in [6.07, 6.45) is 0. The van der Waals surface area contributed by atoms with E-state index in [9.17, 15) is 14.7 Å². The van der Waals surface area contributed by atoms with Crippen LogP contribution in [0.2, 0.25) is 0 Å². The average Bonchev–Trinajstić information content (AvgIpc) is 2.95. The number of methoxy groups -OCH3 is 1. The summed E-state index contributed by atoms with van der Waals surface area (Å²) in [7, 11) is 1.47. The first-order valence-corrected chi connectivity index (χ1v) is 9.24. The fourth-order valence-corrected chi connectivity index (χ4v) is 5.21. The maximum Gasteiger partial charge on any atom is 0.310 e. The molecule has 3 rings (SSSR count). The number of thioether (sulfide) groups is 1. The lowest BCUT2D eigenvalue weighted by Gasteiger charge is -2.29. The maximum absolute atomic E-state index is 12.4. The molecule has 0 radical (unpaired) electrons. The quantitative estimate of drug-likeness (QED) is 0.808. The summed E-state index contributed by atoms with van der Waals surface area (Å²) < 4.78 is 10.4. The van der Waals surface area contributed by atoms with Crippen molar-refractivity contribution in [3.8, 4) is 11.5 Å². The highest BCUT2D eigenvalue weighted by Crippen LogP contribution is 2.46. The molecule has 1 aromatic heterocycles. The zero-order valence-electron chi connectivity index (χ0n) is 13.2. The highest BCUT2D eigenvalue weighted by atomic mass is 32.2. The molecule has 1 aliphatic rings. The van der Waals surface area contributed by atoms with Crippen LogP contribution in [0.4, 0.5) is 0 Å². The smallest absolute Gasteiger partial charge is 0.310 e. The zero-order valence-corrected chi connectivity index (χ0v) is 14.8. The number of benzene rings is 1. The summed E-state index contributed by atoms with van der Waals surface area (Å²) >= 11 is 2.56. The maximum atomic E-state index is 12.4. The summed E-state index contributed by atoms with van der Waals surface area (Å²) in [5.41, 5.74) is 0.805. The highest BCUT2D eigenvalue weighted by molar-refractivity contribution is 7.99. The summed E-state index contributed by atoms with van der Waals surface area (Å²) in [6.45, 7) is 2.08. The minimum atomic E-state index is -0.400. The molecule has 0 spiro atoms. The summed E-state index contributed by atoms with van der Waals surface area (Å²) in [6, 6.07) is 4.99. The fourth-order valence-electron chi connectivity index (χ4n) is 2.81. The van der Waals surface area contributed by atoms with Gasteiger partial charge in [-0.2, -0.15) is 0 Å². The lowest BCUT2D eigenvalue weighted by molar-refractivity contribution is -0.147. The van der Waals surface area contributed by atoms with Gasteiger partial charge in [-0.1, -0.05) is 17.4 Å². The minimum Gasteiger partial charge on any atom is -0.504 e. The Kier molecular flexibility index (Phi) is 4.86. The Morgan fingerprint density at radius 3 is 2.96 bits per heavy atom. The Bertz CT molecular complexity index is 813. The number of H-pyrrole nitrogens is 1. The minimum absolute atomic E-state index is 0.0293. The van der Waals surface area contributed by atoms with Gasteiger partial charge in [-0.15, -0.1) is 11.8 Å². The third kappa shape index (κ3) is 3.03. The van der Waals surface area contributed by atoms with E-state index in [1.165, 1.54) is 24.9 Å². The van der Waals surface area contributed by atoms with E-state index >= 15 is 0 Å². The number of hydrogen-bond donors (Lipinski definition) is 2. The van der Waals surface area contributed by atoms with Crippen molar-refractivity contribution in [2.75, 3.05) is 19.5 Å². The molecule has 2 unspecified atom stereocenters.